The maximum absolute atomic E-state index is 11.8. The fraction of sp³-hybridized carbons (Fsp3) is 0.385. The minimum Gasteiger partial charge on any atom is -0.539 e. The molecule has 0 aliphatic carbocycles. The predicted octanol–water partition coefficient (Wildman–Crippen LogP) is 1.03. The molecule has 1 aromatic heterocycles. The van der Waals surface area contributed by atoms with Gasteiger partial charge >= 0.3 is 0 Å². The highest BCUT2D eigenvalue weighted by Crippen LogP contribution is 2.31. The third-order valence-corrected chi connectivity index (χ3v) is 3.22. The zero-order valence-electron chi connectivity index (χ0n) is 10.5. The quantitative estimate of drug-likeness (QED) is 0.820. The van der Waals surface area contributed by atoms with Crippen LogP contribution in [0.3, 0.4) is 0 Å². The molecule has 18 heavy (non-hydrogen) atoms. The number of hydrogen-bond acceptors (Lipinski definition) is 4. The van der Waals surface area contributed by atoms with Gasteiger partial charge in [0.05, 0.1) is 5.27 Å². The zero-order chi connectivity index (χ0) is 13.2. The van der Waals surface area contributed by atoms with Gasteiger partial charge in [-0.15, -0.1) is 0 Å². The number of nitrogens with zero attached hydrogens (tertiary/aromatic N) is 2. The van der Waals surface area contributed by atoms with E-state index in [9.17, 15) is 10.2 Å². The molecule has 5 heteroatoms. The number of hydrogen-bond donors (Lipinski definition) is 1. The second-order valence-corrected chi connectivity index (χ2v) is 4.20. The first kappa shape index (κ1) is 12.6. The minimum atomic E-state index is -1.22. The summed E-state index contributed by atoms with van der Waals surface area (Å²) < 4.78 is 6.07. The Hall–Kier alpha value is -1.88. The number of aliphatic hydroxyl groups is 1. The molecule has 1 heterocycles. The summed E-state index contributed by atoms with van der Waals surface area (Å²) in [5, 5.41) is 26.0. The molecule has 2 aromatic rings. The molecule has 0 spiro atoms. The summed E-state index contributed by atoms with van der Waals surface area (Å²) in [6, 6.07) is 9.15. The third kappa shape index (κ3) is 1.97. The monoisotopic (exact) mass is 248 g/mol. The highest BCUT2D eigenvalue weighted by Gasteiger charge is 2.39. The molecule has 0 aliphatic heterocycles. The van der Waals surface area contributed by atoms with E-state index in [1.165, 1.54) is 4.68 Å². The van der Waals surface area contributed by atoms with E-state index in [1.54, 1.807) is 12.1 Å². The van der Waals surface area contributed by atoms with Gasteiger partial charge in [-0.05, 0) is 17.5 Å². The summed E-state index contributed by atoms with van der Waals surface area (Å²) in [5.74, 6) is -0.593. The van der Waals surface area contributed by atoms with Crippen LogP contribution < -0.4 is 9.79 Å². The first-order valence-corrected chi connectivity index (χ1v) is 5.99. The standard InChI is InChI=1S/C13H16N2O3/c1-3-13(17,4-2)11-12(16)18-14-15(11)10-8-6-5-7-9-10/h5-9,17H,3-4H2,1-2H3. The molecule has 0 saturated heterocycles. The second-order valence-electron chi connectivity index (χ2n) is 4.20. The van der Waals surface area contributed by atoms with Crippen molar-refractivity contribution in [3.8, 4) is 11.6 Å². The topological polar surface area (TPSA) is 73.2 Å². The van der Waals surface area contributed by atoms with Crippen molar-refractivity contribution in [1.29, 1.82) is 0 Å². The zero-order valence-corrected chi connectivity index (χ0v) is 10.5. The van der Waals surface area contributed by atoms with Crippen molar-refractivity contribution in [1.82, 2.24) is 5.27 Å². The lowest BCUT2D eigenvalue weighted by Gasteiger charge is -2.20. The van der Waals surface area contributed by atoms with E-state index in [-0.39, 0.29) is 5.69 Å². The molecule has 2 rings (SSSR count). The molecule has 96 valence electrons. The molecule has 0 unspecified atom stereocenters. The molecule has 1 N–H and O–H groups in total. The third-order valence-electron chi connectivity index (χ3n) is 3.22. The van der Waals surface area contributed by atoms with Gasteiger partial charge in [-0.1, -0.05) is 32.0 Å². The Morgan fingerprint density at radius 3 is 2.44 bits per heavy atom. The molecule has 0 bridgehead atoms. The van der Waals surface area contributed by atoms with Gasteiger partial charge in [0.2, 0.25) is 5.69 Å². The van der Waals surface area contributed by atoms with E-state index in [1.807, 2.05) is 32.0 Å². The van der Waals surface area contributed by atoms with E-state index in [0.29, 0.717) is 18.5 Å². The number of rotatable bonds is 4. The van der Waals surface area contributed by atoms with Crippen LogP contribution >= 0.6 is 0 Å². The summed E-state index contributed by atoms with van der Waals surface area (Å²) in [5.41, 5.74) is -0.343. The van der Waals surface area contributed by atoms with Crippen molar-refractivity contribution in [3.05, 3.63) is 36.0 Å². The van der Waals surface area contributed by atoms with Crippen molar-refractivity contribution in [3.63, 3.8) is 0 Å². The Morgan fingerprint density at radius 1 is 1.28 bits per heavy atom. The van der Waals surface area contributed by atoms with Crippen molar-refractivity contribution in [2.75, 3.05) is 0 Å². The van der Waals surface area contributed by atoms with Crippen LogP contribution in [0.15, 0.2) is 34.9 Å². The largest absolute Gasteiger partial charge is 0.539 e. The normalized spacial score (nSPS) is 11.7. The van der Waals surface area contributed by atoms with Crippen LogP contribution in [0.4, 0.5) is 0 Å². The Bertz CT molecular complexity index is 518. The fourth-order valence-corrected chi connectivity index (χ4v) is 1.97. The van der Waals surface area contributed by atoms with Gasteiger partial charge in [0.15, 0.2) is 11.5 Å². The molecule has 0 radical (unpaired) electrons. The van der Waals surface area contributed by atoms with Gasteiger partial charge in [-0.25, -0.2) is 0 Å². The second kappa shape index (κ2) is 4.78. The van der Waals surface area contributed by atoms with Crippen LogP contribution in [0.2, 0.25) is 0 Å². The molecule has 0 fully saturated rings. The number of para-hydroxylation sites is 1. The smallest absolute Gasteiger partial charge is 0.271 e. The average Bonchev–Trinajstić information content (AvgIpc) is 2.81. The Kier molecular flexibility index (Phi) is 3.34. The van der Waals surface area contributed by atoms with Crippen molar-refractivity contribution >= 4 is 0 Å². The summed E-state index contributed by atoms with van der Waals surface area (Å²) in [4.78, 5) is 0. The van der Waals surface area contributed by atoms with Crippen molar-refractivity contribution in [2.24, 2.45) is 0 Å². The summed E-state index contributed by atoms with van der Waals surface area (Å²) >= 11 is 0. The average molecular weight is 248 g/mol. The Balaban J connectivity index is 2.59. The lowest BCUT2D eigenvalue weighted by Crippen LogP contribution is -2.44. The number of aromatic nitrogens is 2. The number of benzene rings is 1. The molecule has 1 aromatic carbocycles. The summed E-state index contributed by atoms with van der Waals surface area (Å²) in [7, 11) is 0. The van der Waals surface area contributed by atoms with Gasteiger partial charge in [-0.3, -0.25) is 0 Å². The van der Waals surface area contributed by atoms with E-state index in [4.69, 9.17) is 4.52 Å². The van der Waals surface area contributed by atoms with Crippen LogP contribution in [0, 0.1) is 0 Å². The van der Waals surface area contributed by atoms with Crippen LogP contribution in [0.25, 0.3) is 5.69 Å². The van der Waals surface area contributed by atoms with Crippen LogP contribution in [0.1, 0.15) is 32.4 Å². The fourth-order valence-electron chi connectivity index (χ4n) is 1.97. The summed E-state index contributed by atoms with van der Waals surface area (Å²) in [6.45, 7) is 3.65. The molecule has 0 saturated carbocycles. The van der Waals surface area contributed by atoms with Crippen molar-refractivity contribution in [2.45, 2.75) is 32.3 Å². The van der Waals surface area contributed by atoms with Gasteiger partial charge < -0.3 is 14.7 Å². The van der Waals surface area contributed by atoms with Crippen LogP contribution in [-0.2, 0) is 5.60 Å². The van der Waals surface area contributed by atoms with E-state index in [2.05, 4.69) is 5.27 Å². The molecule has 0 aliphatic rings. The minimum absolute atomic E-state index is 0.179. The SMILES string of the molecule is CCC(O)(CC)c1c([O-])on[n+]1-c1ccccc1. The van der Waals surface area contributed by atoms with Gasteiger partial charge in [0.1, 0.15) is 0 Å². The van der Waals surface area contributed by atoms with Gasteiger partial charge in [0, 0.05) is 12.1 Å². The lowest BCUT2D eigenvalue weighted by atomic mass is 9.93. The lowest BCUT2D eigenvalue weighted by molar-refractivity contribution is -0.684. The van der Waals surface area contributed by atoms with Crippen LogP contribution in [-0.4, -0.2) is 10.4 Å². The predicted molar refractivity (Wildman–Crippen MR) is 62.0 cm³/mol. The van der Waals surface area contributed by atoms with Gasteiger partial charge in [0.25, 0.3) is 5.69 Å². The highest BCUT2D eigenvalue weighted by molar-refractivity contribution is 5.24. The van der Waals surface area contributed by atoms with E-state index >= 15 is 0 Å². The first-order valence-electron chi connectivity index (χ1n) is 5.99. The molecule has 0 atom stereocenters. The maximum Gasteiger partial charge on any atom is 0.271 e. The maximum atomic E-state index is 11.8. The van der Waals surface area contributed by atoms with Gasteiger partial charge in [-0.2, -0.15) is 0 Å². The molecule has 0 amide bonds. The highest BCUT2D eigenvalue weighted by atomic mass is 16.6. The Morgan fingerprint density at radius 2 is 1.89 bits per heavy atom. The molecule has 5 nitrogen and oxygen atoms in total. The van der Waals surface area contributed by atoms with Crippen LogP contribution in [0.5, 0.6) is 5.95 Å². The summed E-state index contributed by atoms with van der Waals surface area (Å²) in [6.07, 6.45) is 0.847. The van der Waals surface area contributed by atoms with E-state index in [0.717, 1.165) is 0 Å². The first-order chi connectivity index (χ1) is 8.62. The van der Waals surface area contributed by atoms with Crippen molar-refractivity contribution < 1.29 is 19.4 Å². The molecular weight excluding hydrogens is 232 g/mol. The van der Waals surface area contributed by atoms with E-state index < -0.39 is 11.5 Å². The molecular formula is C13H16N2O3. The Labute approximate surface area is 105 Å².